The van der Waals surface area contributed by atoms with Gasteiger partial charge in [0.2, 0.25) is 0 Å². The summed E-state index contributed by atoms with van der Waals surface area (Å²) in [6.45, 7) is 2.60. The Balaban J connectivity index is 2.32. The lowest BCUT2D eigenvalue weighted by Crippen LogP contribution is -2.26. The molecule has 0 amide bonds. The summed E-state index contributed by atoms with van der Waals surface area (Å²) in [6.07, 6.45) is -0.100. The van der Waals surface area contributed by atoms with Gasteiger partial charge >= 0.3 is 0 Å². The van der Waals surface area contributed by atoms with Gasteiger partial charge in [-0.2, -0.15) is 0 Å². The SMILES string of the molecule is CCOC(c1ccccc1)C(NC)c1ccc(F)cc1. The van der Waals surface area contributed by atoms with Gasteiger partial charge in [-0.05, 0) is 37.2 Å². The zero-order valence-corrected chi connectivity index (χ0v) is 11.8. The lowest BCUT2D eigenvalue weighted by atomic mass is 9.95. The zero-order chi connectivity index (χ0) is 14.4. The van der Waals surface area contributed by atoms with Crippen LogP contribution in [0.25, 0.3) is 0 Å². The molecule has 0 aliphatic rings. The minimum Gasteiger partial charge on any atom is -0.372 e. The summed E-state index contributed by atoms with van der Waals surface area (Å²) in [5.74, 6) is -0.226. The third kappa shape index (κ3) is 3.44. The van der Waals surface area contributed by atoms with Crippen LogP contribution in [0.15, 0.2) is 54.6 Å². The lowest BCUT2D eigenvalue weighted by molar-refractivity contribution is 0.0347. The molecule has 0 fully saturated rings. The molecule has 0 spiro atoms. The molecular formula is C17H20FNO. The highest BCUT2D eigenvalue weighted by atomic mass is 19.1. The number of likely N-dealkylation sites (N-methyl/N-ethyl adjacent to an activating group) is 1. The van der Waals surface area contributed by atoms with Crippen LogP contribution >= 0.6 is 0 Å². The molecule has 0 heterocycles. The fraction of sp³-hybridized carbons (Fsp3) is 0.294. The Hall–Kier alpha value is -1.71. The number of ether oxygens (including phenoxy) is 1. The smallest absolute Gasteiger partial charge is 0.123 e. The minimum absolute atomic E-state index is 0.0158. The molecule has 2 aromatic carbocycles. The Kier molecular flexibility index (Phi) is 5.27. The molecule has 2 unspecified atom stereocenters. The monoisotopic (exact) mass is 273 g/mol. The van der Waals surface area contributed by atoms with Crippen LogP contribution in [0.5, 0.6) is 0 Å². The fourth-order valence-corrected chi connectivity index (χ4v) is 2.37. The van der Waals surface area contributed by atoms with Gasteiger partial charge in [-0.25, -0.2) is 4.39 Å². The van der Waals surface area contributed by atoms with Crippen LogP contribution in [0.3, 0.4) is 0 Å². The Morgan fingerprint density at radius 1 is 1.00 bits per heavy atom. The first-order valence-corrected chi connectivity index (χ1v) is 6.85. The van der Waals surface area contributed by atoms with Crippen LogP contribution < -0.4 is 5.32 Å². The zero-order valence-electron chi connectivity index (χ0n) is 11.8. The lowest BCUT2D eigenvalue weighted by Gasteiger charge is -2.27. The van der Waals surface area contributed by atoms with Crippen molar-refractivity contribution in [2.24, 2.45) is 0 Å². The first kappa shape index (κ1) is 14.7. The van der Waals surface area contributed by atoms with Gasteiger partial charge in [0.15, 0.2) is 0 Å². The summed E-state index contributed by atoms with van der Waals surface area (Å²) in [5.41, 5.74) is 2.12. The van der Waals surface area contributed by atoms with Crippen molar-refractivity contribution in [1.29, 1.82) is 0 Å². The minimum atomic E-state index is -0.226. The van der Waals surface area contributed by atoms with E-state index in [1.54, 1.807) is 12.1 Å². The van der Waals surface area contributed by atoms with Gasteiger partial charge < -0.3 is 10.1 Å². The van der Waals surface area contributed by atoms with Gasteiger partial charge in [0, 0.05) is 6.61 Å². The average molecular weight is 273 g/mol. The predicted octanol–water partition coefficient (Wildman–Crippen LogP) is 3.86. The Morgan fingerprint density at radius 3 is 2.20 bits per heavy atom. The molecule has 2 aromatic rings. The number of hydrogen-bond acceptors (Lipinski definition) is 2. The molecule has 0 aliphatic carbocycles. The first-order valence-electron chi connectivity index (χ1n) is 6.85. The van der Waals surface area contributed by atoms with Crippen LogP contribution in [0, 0.1) is 5.82 Å². The van der Waals surface area contributed by atoms with Gasteiger partial charge in [0.1, 0.15) is 11.9 Å². The van der Waals surface area contributed by atoms with Gasteiger partial charge in [-0.3, -0.25) is 0 Å². The second-order valence-electron chi connectivity index (χ2n) is 4.60. The van der Waals surface area contributed by atoms with Crippen molar-refractivity contribution in [2.75, 3.05) is 13.7 Å². The molecule has 2 nitrogen and oxygen atoms in total. The van der Waals surface area contributed by atoms with E-state index in [4.69, 9.17) is 4.74 Å². The van der Waals surface area contributed by atoms with E-state index in [0.717, 1.165) is 11.1 Å². The molecule has 2 rings (SSSR count). The molecule has 0 aromatic heterocycles. The van der Waals surface area contributed by atoms with E-state index in [-0.39, 0.29) is 18.0 Å². The predicted molar refractivity (Wildman–Crippen MR) is 79.0 cm³/mol. The Labute approximate surface area is 119 Å². The van der Waals surface area contributed by atoms with E-state index < -0.39 is 0 Å². The van der Waals surface area contributed by atoms with Crippen LogP contribution in [0.2, 0.25) is 0 Å². The van der Waals surface area contributed by atoms with Crippen molar-refractivity contribution in [3.8, 4) is 0 Å². The third-order valence-corrected chi connectivity index (χ3v) is 3.32. The van der Waals surface area contributed by atoms with Crippen LogP contribution in [-0.4, -0.2) is 13.7 Å². The molecule has 0 saturated heterocycles. The molecule has 0 saturated carbocycles. The highest BCUT2D eigenvalue weighted by molar-refractivity contribution is 5.26. The highest BCUT2D eigenvalue weighted by Crippen LogP contribution is 2.31. The van der Waals surface area contributed by atoms with Crippen molar-refractivity contribution < 1.29 is 9.13 Å². The van der Waals surface area contributed by atoms with Gasteiger partial charge in [-0.15, -0.1) is 0 Å². The van der Waals surface area contributed by atoms with E-state index in [1.807, 2.05) is 44.3 Å². The summed E-state index contributed by atoms with van der Waals surface area (Å²) in [6, 6.07) is 16.6. The molecule has 0 radical (unpaired) electrons. The van der Waals surface area contributed by atoms with E-state index in [0.29, 0.717) is 6.61 Å². The topological polar surface area (TPSA) is 21.3 Å². The molecule has 106 valence electrons. The molecular weight excluding hydrogens is 253 g/mol. The summed E-state index contributed by atoms with van der Waals surface area (Å²) in [5, 5.41) is 3.27. The molecule has 0 aliphatic heterocycles. The molecule has 3 heteroatoms. The molecule has 0 bridgehead atoms. The van der Waals surface area contributed by atoms with Crippen LogP contribution in [0.1, 0.15) is 30.2 Å². The normalized spacial score (nSPS) is 13.9. The molecule has 20 heavy (non-hydrogen) atoms. The third-order valence-electron chi connectivity index (χ3n) is 3.32. The van der Waals surface area contributed by atoms with Crippen molar-refractivity contribution in [1.82, 2.24) is 5.32 Å². The second kappa shape index (κ2) is 7.17. The van der Waals surface area contributed by atoms with E-state index >= 15 is 0 Å². The maximum Gasteiger partial charge on any atom is 0.123 e. The summed E-state index contributed by atoms with van der Waals surface area (Å²) >= 11 is 0. The Bertz CT molecular complexity index is 512. The number of hydrogen-bond donors (Lipinski definition) is 1. The number of rotatable bonds is 6. The largest absolute Gasteiger partial charge is 0.372 e. The van der Waals surface area contributed by atoms with Crippen LogP contribution in [0.4, 0.5) is 4.39 Å². The maximum absolute atomic E-state index is 13.1. The van der Waals surface area contributed by atoms with Crippen molar-refractivity contribution in [3.05, 3.63) is 71.5 Å². The van der Waals surface area contributed by atoms with E-state index in [1.165, 1.54) is 12.1 Å². The molecule has 2 atom stereocenters. The summed E-state index contributed by atoms with van der Waals surface area (Å²) < 4.78 is 19.0. The van der Waals surface area contributed by atoms with Crippen molar-refractivity contribution >= 4 is 0 Å². The second-order valence-corrected chi connectivity index (χ2v) is 4.60. The highest BCUT2D eigenvalue weighted by Gasteiger charge is 2.23. The summed E-state index contributed by atoms with van der Waals surface area (Å²) in [4.78, 5) is 0. The van der Waals surface area contributed by atoms with Crippen LogP contribution in [-0.2, 0) is 4.74 Å². The number of halogens is 1. The number of benzene rings is 2. The summed E-state index contributed by atoms with van der Waals surface area (Å²) in [7, 11) is 1.89. The fourth-order valence-electron chi connectivity index (χ4n) is 2.37. The van der Waals surface area contributed by atoms with E-state index in [9.17, 15) is 4.39 Å². The van der Waals surface area contributed by atoms with Gasteiger partial charge in [0.05, 0.1) is 6.04 Å². The average Bonchev–Trinajstić information content (AvgIpc) is 2.50. The van der Waals surface area contributed by atoms with E-state index in [2.05, 4.69) is 5.32 Å². The Morgan fingerprint density at radius 2 is 1.65 bits per heavy atom. The maximum atomic E-state index is 13.1. The first-order chi connectivity index (χ1) is 9.76. The number of nitrogens with one attached hydrogen (secondary N) is 1. The van der Waals surface area contributed by atoms with Crippen molar-refractivity contribution in [2.45, 2.75) is 19.1 Å². The van der Waals surface area contributed by atoms with Gasteiger partial charge in [-0.1, -0.05) is 42.5 Å². The standard InChI is InChI=1S/C17H20FNO/c1-3-20-17(14-7-5-4-6-8-14)16(19-2)13-9-11-15(18)12-10-13/h4-12,16-17,19H,3H2,1-2H3. The quantitative estimate of drug-likeness (QED) is 0.862. The van der Waals surface area contributed by atoms with Crippen molar-refractivity contribution in [3.63, 3.8) is 0 Å². The van der Waals surface area contributed by atoms with Gasteiger partial charge in [0.25, 0.3) is 0 Å². The molecule has 1 N–H and O–H groups in total.